The van der Waals surface area contributed by atoms with Gasteiger partial charge in [0.2, 0.25) is 5.95 Å². The van der Waals surface area contributed by atoms with Gasteiger partial charge in [0.15, 0.2) is 5.65 Å². The summed E-state index contributed by atoms with van der Waals surface area (Å²) in [5.74, 6) is 0.523. The first-order valence-corrected chi connectivity index (χ1v) is 9.91. The van der Waals surface area contributed by atoms with Crippen LogP contribution in [0.4, 0.5) is 5.95 Å². The highest BCUT2D eigenvalue weighted by molar-refractivity contribution is 5.74. The van der Waals surface area contributed by atoms with Gasteiger partial charge in [-0.25, -0.2) is 4.68 Å². The van der Waals surface area contributed by atoms with E-state index in [9.17, 15) is 4.79 Å². The zero-order valence-electron chi connectivity index (χ0n) is 16.8. The third-order valence-electron chi connectivity index (χ3n) is 5.17. The molecule has 148 valence electrons. The number of anilines is 1. The first-order valence-electron chi connectivity index (χ1n) is 9.91. The van der Waals surface area contributed by atoms with Crippen LogP contribution in [-0.4, -0.2) is 43.8 Å². The van der Waals surface area contributed by atoms with Crippen LogP contribution in [0.3, 0.4) is 0 Å². The molecular formula is C21H28N6O. The number of hydrogen-bond donors (Lipinski definition) is 2. The standard InChI is InChI=1S/C21H28N6O/c1-21(2,3)27-18-17(12-22-27)19(28)25-20(24-18)23-16-10-7-11-26(14-16)13-15-8-5-4-6-9-15/h4-6,8-9,12,16H,7,10-11,13-14H2,1-3H3,(H2,23,24,25,28). The SMILES string of the molecule is CC(C)(C)n1ncc2c(=O)[nH]c(NC3CCCN(Cc4ccccc4)C3)nc21. The predicted octanol–water partition coefficient (Wildman–Crippen LogP) is 2.95. The van der Waals surface area contributed by atoms with E-state index in [-0.39, 0.29) is 17.1 Å². The van der Waals surface area contributed by atoms with Gasteiger partial charge in [-0.3, -0.25) is 14.7 Å². The third kappa shape index (κ3) is 3.94. The fourth-order valence-electron chi connectivity index (χ4n) is 3.83. The number of rotatable bonds is 4. The Hall–Kier alpha value is -2.67. The number of hydrogen-bond acceptors (Lipinski definition) is 5. The molecule has 0 radical (unpaired) electrons. The van der Waals surface area contributed by atoms with Gasteiger partial charge in [0.25, 0.3) is 5.56 Å². The van der Waals surface area contributed by atoms with E-state index in [4.69, 9.17) is 0 Å². The highest BCUT2D eigenvalue weighted by Crippen LogP contribution is 2.20. The number of nitrogens with one attached hydrogen (secondary N) is 2. The molecule has 0 spiro atoms. The van der Waals surface area contributed by atoms with Crippen LogP contribution in [0, 0.1) is 0 Å². The van der Waals surface area contributed by atoms with Crippen LogP contribution in [0.25, 0.3) is 11.0 Å². The van der Waals surface area contributed by atoms with Crippen molar-refractivity contribution >= 4 is 17.0 Å². The Balaban J connectivity index is 1.52. The summed E-state index contributed by atoms with van der Waals surface area (Å²) in [4.78, 5) is 22.5. The molecule has 2 N–H and O–H groups in total. The Morgan fingerprint density at radius 2 is 2.04 bits per heavy atom. The number of nitrogens with zero attached hydrogens (tertiary/aromatic N) is 4. The summed E-state index contributed by atoms with van der Waals surface area (Å²) < 4.78 is 1.81. The first-order chi connectivity index (χ1) is 13.4. The lowest BCUT2D eigenvalue weighted by Gasteiger charge is -2.33. The number of H-pyrrole nitrogens is 1. The minimum Gasteiger partial charge on any atom is -0.352 e. The minimum atomic E-state index is -0.239. The van der Waals surface area contributed by atoms with Crippen LogP contribution in [-0.2, 0) is 12.1 Å². The van der Waals surface area contributed by atoms with Gasteiger partial charge >= 0.3 is 0 Å². The number of benzene rings is 1. The monoisotopic (exact) mass is 380 g/mol. The van der Waals surface area contributed by atoms with Gasteiger partial charge in [-0.15, -0.1) is 0 Å². The maximum absolute atomic E-state index is 12.5. The normalized spacial score (nSPS) is 18.5. The molecular weight excluding hydrogens is 352 g/mol. The largest absolute Gasteiger partial charge is 0.352 e. The van der Waals surface area contributed by atoms with Crippen LogP contribution in [0.5, 0.6) is 0 Å². The molecule has 7 heteroatoms. The van der Waals surface area contributed by atoms with E-state index < -0.39 is 0 Å². The zero-order chi connectivity index (χ0) is 19.7. The summed E-state index contributed by atoms with van der Waals surface area (Å²) in [5, 5.41) is 8.34. The van der Waals surface area contributed by atoms with Crippen LogP contribution < -0.4 is 10.9 Å². The van der Waals surface area contributed by atoms with E-state index in [1.165, 1.54) is 5.56 Å². The van der Waals surface area contributed by atoms with Gasteiger partial charge < -0.3 is 5.32 Å². The molecule has 1 saturated heterocycles. The molecule has 0 aliphatic carbocycles. The molecule has 0 bridgehead atoms. The maximum Gasteiger partial charge on any atom is 0.263 e. The van der Waals surface area contributed by atoms with E-state index in [0.717, 1.165) is 32.5 Å². The molecule has 0 amide bonds. The molecule has 3 aromatic rings. The maximum atomic E-state index is 12.5. The van der Waals surface area contributed by atoms with Crippen molar-refractivity contribution in [3.8, 4) is 0 Å². The number of aromatic amines is 1. The van der Waals surface area contributed by atoms with Crippen molar-refractivity contribution in [3.63, 3.8) is 0 Å². The molecule has 7 nitrogen and oxygen atoms in total. The number of piperidine rings is 1. The molecule has 1 fully saturated rings. The number of aromatic nitrogens is 4. The van der Waals surface area contributed by atoms with Crippen LogP contribution >= 0.6 is 0 Å². The average molecular weight is 380 g/mol. The molecule has 4 rings (SSSR count). The van der Waals surface area contributed by atoms with Crippen molar-refractivity contribution in [2.75, 3.05) is 18.4 Å². The lowest BCUT2D eigenvalue weighted by Crippen LogP contribution is -2.42. The lowest BCUT2D eigenvalue weighted by atomic mass is 10.0. The summed E-state index contributed by atoms with van der Waals surface area (Å²) >= 11 is 0. The first kappa shape index (κ1) is 18.7. The molecule has 0 saturated carbocycles. The summed E-state index contributed by atoms with van der Waals surface area (Å²) in [6, 6.07) is 10.8. The third-order valence-corrected chi connectivity index (χ3v) is 5.17. The second-order valence-electron chi connectivity index (χ2n) is 8.58. The minimum absolute atomic E-state index is 0.153. The van der Waals surface area contributed by atoms with Crippen LogP contribution in [0.2, 0.25) is 0 Å². The van der Waals surface area contributed by atoms with E-state index in [1.54, 1.807) is 6.20 Å². The quantitative estimate of drug-likeness (QED) is 0.728. The van der Waals surface area contributed by atoms with Crippen LogP contribution in [0.1, 0.15) is 39.2 Å². The van der Waals surface area contributed by atoms with Crippen molar-refractivity contribution in [1.82, 2.24) is 24.6 Å². The summed E-state index contributed by atoms with van der Waals surface area (Å²) in [6.07, 6.45) is 3.78. The smallest absolute Gasteiger partial charge is 0.263 e. The Bertz CT molecular complexity index is 1000. The fraction of sp³-hybridized carbons (Fsp3) is 0.476. The molecule has 3 heterocycles. The lowest BCUT2D eigenvalue weighted by molar-refractivity contribution is 0.208. The number of fused-ring (bicyclic) bond motifs is 1. The fourth-order valence-corrected chi connectivity index (χ4v) is 3.83. The molecule has 1 aliphatic heterocycles. The summed E-state index contributed by atoms with van der Waals surface area (Å²) in [5.41, 5.74) is 1.55. The molecule has 2 aromatic heterocycles. The average Bonchev–Trinajstić information content (AvgIpc) is 3.08. The van der Waals surface area contributed by atoms with Crippen molar-refractivity contribution in [2.24, 2.45) is 0 Å². The Labute approximate surface area is 164 Å². The van der Waals surface area contributed by atoms with Gasteiger partial charge in [-0.2, -0.15) is 10.1 Å². The van der Waals surface area contributed by atoms with Gasteiger partial charge in [-0.1, -0.05) is 30.3 Å². The van der Waals surface area contributed by atoms with E-state index in [2.05, 4.69) is 70.3 Å². The van der Waals surface area contributed by atoms with Crippen molar-refractivity contribution in [1.29, 1.82) is 0 Å². The second kappa shape index (κ2) is 7.39. The Kier molecular flexibility index (Phi) is 4.93. The Morgan fingerprint density at radius 3 is 2.79 bits per heavy atom. The second-order valence-corrected chi connectivity index (χ2v) is 8.58. The summed E-state index contributed by atoms with van der Waals surface area (Å²) in [6.45, 7) is 9.12. The molecule has 1 unspecified atom stereocenters. The van der Waals surface area contributed by atoms with E-state index >= 15 is 0 Å². The predicted molar refractivity (Wildman–Crippen MR) is 112 cm³/mol. The molecule has 28 heavy (non-hydrogen) atoms. The van der Waals surface area contributed by atoms with Gasteiger partial charge in [-0.05, 0) is 45.7 Å². The highest BCUT2D eigenvalue weighted by Gasteiger charge is 2.23. The topological polar surface area (TPSA) is 78.8 Å². The number of likely N-dealkylation sites (tertiary alicyclic amines) is 1. The van der Waals surface area contributed by atoms with Gasteiger partial charge in [0.05, 0.1) is 11.7 Å². The van der Waals surface area contributed by atoms with Gasteiger partial charge in [0.1, 0.15) is 5.39 Å². The van der Waals surface area contributed by atoms with Crippen molar-refractivity contribution in [3.05, 3.63) is 52.4 Å². The van der Waals surface area contributed by atoms with Gasteiger partial charge in [0, 0.05) is 19.1 Å². The van der Waals surface area contributed by atoms with Crippen molar-refractivity contribution < 1.29 is 0 Å². The van der Waals surface area contributed by atoms with Crippen LogP contribution in [0.15, 0.2) is 41.3 Å². The van der Waals surface area contributed by atoms with E-state index in [0.29, 0.717) is 17.0 Å². The van der Waals surface area contributed by atoms with Crippen molar-refractivity contribution in [2.45, 2.75) is 51.7 Å². The van der Waals surface area contributed by atoms with E-state index in [1.807, 2.05) is 10.7 Å². The molecule has 1 aliphatic rings. The summed E-state index contributed by atoms with van der Waals surface area (Å²) in [7, 11) is 0. The molecule has 1 aromatic carbocycles. The highest BCUT2D eigenvalue weighted by atomic mass is 16.1. The Morgan fingerprint density at radius 1 is 1.25 bits per heavy atom. The zero-order valence-corrected chi connectivity index (χ0v) is 16.8. The molecule has 1 atom stereocenters.